The highest BCUT2D eigenvalue weighted by Gasteiger charge is 2.19. The van der Waals surface area contributed by atoms with E-state index >= 15 is 0 Å². The van der Waals surface area contributed by atoms with E-state index in [1.807, 2.05) is 0 Å². The second kappa shape index (κ2) is 6.98. The second-order valence-corrected chi connectivity index (χ2v) is 6.12. The SMILES string of the molecule is CCC(C)COc1ccc(C)cc1N1CCC(N)CC1. The standard InChI is InChI=1S/C17H28N2O/c1-4-13(2)12-20-17-6-5-14(3)11-16(17)19-9-7-15(18)8-10-19/h5-6,11,13,15H,4,7-10,12,18H2,1-3H3. The molecule has 1 heterocycles. The Morgan fingerprint density at radius 2 is 2.05 bits per heavy atom. The molecule has 0 spiro atoms. The summed E-state index contributed by atoms with van der Waals surface area (Å²) < 4.78 is 6.05. The van der Waals surface area contributed by atoms with Crippen molar-refractivity contribution in [2.24, 2.45) is 11.7 Å². The van der Waals surface area contributed by atoms with Gasteiger partial charge in [0.1, 0.15) is 5.75 Å². The molecule has 0 amide bonds. The van der Waals surface area contributed by atoms with Crippen LogP contribution < -0.4 is 15.4 Å². The fraction of sp³-hybridized carbons (Fsp3) is 0.647. The topological polar surface area (TPSA) is 38.5 Å². The number of nitrogens with zero attached hydrogens (tertiary/aromatic N) is 1. The van der Waals surface area contributed by atoms with E-state index < -0.39 is 0 Å². The summed E-state index contributed by atoms with van der Waals surface area (Å²) in [4.78, 5) is 2.42. The van der Waals surface area contributed by atoms with Crippen LogP contribution in [0.3, 0.4) is 0 Å². The Morgan fingerprint density at radius 1 is 1.35 bits per heavy atom. The van der Waals surface area contributed by atoms with Crippen LogP contribution in [-0.2, 0) is 0 Å². The third kappa shape index (κ3) is 3.89. The summed E-state index contributed by atoms with van der Waals surface area (Å²) in [6, 6.07) is 6.84. The maximum absolute atomic E-state index is 6.05. The Labute approximate surface area is 123 Å². The van der Waals surface area contributed by atoms with Gasteiger partial charge in [0.2, 0.25) is 0 Å². The molecule has 2 rings (SSSR count). The maximum Gasteiger partial charge on any atom is 0.142 e. The predicted molar refractivity (Wildman–Crippen MR) is 85.6 cm³/mol. The molecule has 1 aromatic rings. The van der Waals surface area contributed by atoms with Gasteiger partial charge in [-0.15, -0.1) is 0 Å². The molecule has 0 radical (unpaired) electrons. The number of nitrogens with two attached hydrogens (primary N) is 1. The first kappa shape index (κ1) is 15.2. The van der Waals surface area contributed by atoms with E-state index in [0.29, 0.717) is 12.0 Å². The average Bonchev–Trinajstić information content (AvgIpc) is 2.46. The minimum atomic E-state index is 0.362. The first-order valence-corrected chi connectivity index (χ1v) is 7.84. The molecule has 0 aliphatic carbocycles. The summed E-state index contributed by atoms with van der Waals surface area (Å²) in [6.45, 7) is 9.43. The van der Waals surface area contributed by atoms with Crippen molar-refractivity contribution in [1.82, 2.24) is 0 Å². The number of hydrogen-bond donors (Lipinski definition) is 1. The van der Waals surface area contributed by atoms with Crippen molar-refractivity contribution in [3.8, 4) is 5.75 Å². The van der Waals surface area contributed by atoms with Crippen molar-refractivity contribution in [1.29, 1.82) is 0 Å². The van der Waals surface area contributed by atoms with Gasteiger partial charge in [0, 0.05) is 19.1 Å². The summed E-state index contributed by atoms with van der Waals surface area (Å²) in [6.07, 6.45) is 3.29. The lowest BCUT2D eigenvalue weighted by Crippen LogP contribution is -2.39. The van der Waals surface area contributed by atoms with E-state index in [1.165, 1.54) is 11.3 Å². The van der Waals surface area contributed by atoms with Crippen molar-refractivity contribution in [2.75, 3.05) is 24.6 Å². The lowest BCUT2D eigenvalue weighted by molar-refractivity contribution is 0.256. The molecule has 0 aromatic heterocycles. The Hall–Kier alpha value is -1.22. The molecule has 3 nitrogen and oxygen atoms in total. The van der Waals surface area contributed by atoms with Crippen LogP contribution in [0.1, 0.15) is 38.7 Å². The monoisotopic (exact) mass is 276 g/mol. The zero-order valence-electron chi connectivity index (χ0n) is 13.1. The molecule has 112 valence electrons. The molecule has 1 aliphatic heterocycles. The fourth-order valence-electron chi connectivity index (χ4n) is 2.49. The first-order valence-electron chi connectivity index (χ1n) is 7.84. The molecule has 3 heteroatoms. The van der Waals surface area contributed by atoms with Crippen LogP contribution in [0, 0.1) is 12.8 Å². The molecule has 1 saturated heterocycles. The molecule has 1 atom stereocenters. The summed E-state index contributed by atoms with van der Waals surface area (Å²) >= 11 is 0. The van der Waals surface area contributed by atoms with Crippen LogP contribution in [0.25, 0.3) is 0 Å². The van der Waals surface area contributed by atoms with Gasteiger partial charge in [0.25, 0.3) is 0 Å². The number of anilines is 1. The molecule has 0 saturated carbocycles. The lowest BCUT2D eigenvalue weighted by atomic mass is 10.0. The maximum atomic E-state index is 6.05. The van der Waals surface area contributed by atoms with E-state index in [-0.39, 0.29) is 0 Å². The molecular weight excluding hydrogens is 248 g/mol. The molecule has 0 bridgehead atoms. The van der Waals surface area contributed by atoms with Crippen LogP contribution in [0.2, 0.25) is 0 Å². The van der Waals surface area contributed by atoms with Crippen molar-refractivity contribution >= 4 is 5.69 Å². The van der Waals surface area contributed by atoms with E-state index in [1.54, 1.807) is 0 Å². The van der Waals surface area contributed by atoms with Gasteiger partial charge < -0.3 is 15.4 Å². The van der Waals surface area contributed by atoms with Gasteiger partial charge in [-0.3, -0.25) is 0 Å². The number of piperidine rings is 1. The molecule has 20 heavy (non-hydrogen) atoms. The third-order valence-electron chi connectivity index (χ3n) is 4.22. The van der Waals surface area contributed by atoms with Crippen LogP contribution in [-0.4, -0.2) is 25.7 Å². The third-order valence-corrected chi connectivity index (χ3v) is 4.22. The van der Waals surface area contributed by atoms with Crippen LogP contribution in [0.4, 0.5) is 5.69 Å². The predicted octanol–water partition coefficient (Wildman–Crippen LogP) is 3.35. The minimum Gasteiger partial charge on any atom is -0.491 e. The fourth-order valence-corrected chi connectivity index (χ4v) is 2.49. The summed E-state index contributed by atoms with van der Waals surface area (Å²) in [5.74, 6) is 1.62. The molecule has 1 unspecified atom stereocenters. The van der Waals surface area contributed by atoms with Crippen LogP contribution in [0.5, 0.6) is 5.75 Å². The van der Waals surface area contributed by atoms with Crippen LogP contribution in [0.15, 0.2) is 18.2 Å². The average molecular weight is 276 g/mol. The van der Waals surface area contributed by atoms with Gasteiger partial charge in [-0.1, -0.05) is 26.3 Å². The van der Waals surface area contributed by atoms with Crippen LogP contribution >= 0.6 is 0 Å². The lowest BCUT2D eigenvalue weighted by Gasteiger charge is -2.33. The Kier molecular flexibility index (Phi) is 5.30. The van der Waals surface area contributed by atoms with Gasteiger partial charge >= 0.3 is 0 Å². The van der Waals surface area contributed by atoms with E-state index in [2.05, 4.69) is 43.9 Å². The molecule has 1 fully saturated rings. The summed E-state index contributed by atoms with van der Waals surface area (Å²) in [5.41, 5.74) is 8.52. The van der Waals surface area contributed by atoms with Crippen molar-refractivity contribution < 1.29 is 4.74 Å². The second-order valence-electron chi connectivity index (χ2n) is 6.12. The number of aryl methyl sites for hydroxylation is 1. The van der Waals surface area contributed by atoms with Crippen molar-refractivity contribution in [3.05, 3.63) is 23.8 Å². The van der Waals surface area contributed by atoms with Gasteiger partial charge in [-0.25, -0.2) is 0 Å². The minimum absolute atomic E-state index is 0.362. The first-order chi connectivity index (χ1) is 9.60. The number of hydrogen-bond acceptors (Lipinski definition) is 3. The van der Waals surface area contributed by atoms with Gasteiger partial charge in [-0.2, -0.15) is 0 Å². The molecule has 1 aliphatic rings. The van der Waals surface area contributed by atoms with Gasteiger partial charge in [0.15, 0.2) is 0 Å². The Bertz CT molecular complexity index is 425. The van der Waals surface area contributed by atoms with Crippen molar-refractivity contribution in [2.45, 2.75) is 46.1 Å². The molecule has 2 N–H and O–H groups in total. The Morgan fingerprint density at radius 3 is 2.70 bits per heavy atom. The smallest absolute Gasteiger partial charge is 0.142 e. The zero-order valence-corrected chi connectivity index (χ0v) is 13.1. The zero-order chi connectivity index (χ0) is 14.5. The van der Waals surface area contributed by atoms with Gasteiger partial charge in [-0.05, 0) is 43.4 Å². The number of rotatable bonds is 5. The van der Waals surface area contributed by atoms with E-state index in [0.717, 1.165) is 44.7 Å². The van der Waals surface area contributed by atoms with E-state index in [4.69, 9.17) is 10.5 Å². The quantitative estimate of drug-likeness (QED) is 0.896. The Balaban J connectivity index is 2.11. The number of benzene rings is 1. The number of ether oxygens (including phenoxy) is 1. The summed E-state index contributed by atoms with van der Waals surface area (Å²) in [7, 11) is 0. The highest BCUT2D eigenvalue weighted by Crippen LogP contribution is 2.31. The van der Waals surface area contributed by atoms with E-state index in [9.17, 15) is 0 Å². The normalized spacial score (nSPS) is 18.1. The molecule has 1 aromatic carbocycles. The van der Waals surface area contributed by atoms with Crippen molar-refractivity contribution in [3.63, 3.8) is 0 Å². The highest BCUT2D eigenvalue weighted by molar-refractivity contribution is 5.60. The summed E-state index contributed by atoms with van der Waals surface area (Å²) in [5, 5.41) is 0. The molecular formula is C17H28N2O. The van der Waals surface area contributed by atoms with Gasteiger partial charge in [0.05, 0.1) is 12.3 Å². The highest BCUT2D eigenvalue weighted by atomic mass is 16.5. The largest absolute Gasteiger partial charge is 0.491 e.